The molecular weight excluding hydrogens is 360 g/mol. The summed E-state index contributed by atoms with van der Waals surface area (Å²) in [5.74, 6) is 1.43. The molecule has 3 heterocycles. The first-order chi connectivity index (χ1) is 14.2. The smallest absolute Gasteiger partial charge is 0.142 e. The number of nitrogens with two attached hydrogens (primary N) is 1. The average molecular weight is 382 g/mol. The summed E-state index contributed by atoms with van der Waals surface area (Å²) in [6.07, 6.45) is 4.67. The molecule has 0 saturated carbocycles. The monoisotopic (exact) mass is 382 g/mol. The van der Waals surface area contributed by atoms with Gasteiger partial charge in [-0.05, 0) is 41.3 Å². The van der Waals surface area contributed by atoms with E-state index in [4.69, 9.17) is 10.7 Å². The van der Waals surface area contributed by atoms with Gasteiger partial charge in [-0.25, -0.2) is 9.97 Å². The second-order valence-electron chi connectivity index (χ2n) is 7.51. The number of benzene rings is 2. The topological polar surface area (TPSA) is 83.2 Å². The van der Waals surface area contributed by atoms with E-state index in [9.17, 15) is 0 Å². The van der Waals surface area contributed by atoms with Crippen LogP contribution in [0.2, 0.25) is 0 Å². The predicted octanol–water partition coefficient (Wildman–Crippen LogP) is 3.81. The fourth-order valence-corrected chi connectivity index (χ4v) is 3.77. The van der Waals surface area contributed by atoms with Crippen LogP contribution in [0.25, 0.3) is 22.4 Å². The first kappa shape index (κ1) is 17.4. The lowest BCUT2D eigenvalue weighted by atomic mass is 10.0. The van der Waals surface area contributed by atoms with Crippen molar-refractivity contribution in [2.75, 3.05) is 19.3 Å². The van der Waals surface area contributed by atoms with Crippen LogP contribution >= 0.6 is 0 Å². The van der Waals surface area contributed by atoms with Crippen molar-refractivity contribution in [1.29, 1.82) is 0 Å². The number of pyridine rings is 1. The second kappa shape index (κ2) is 7.05. The number of rotatable bonds is 4. The lowest BCUT2D eigenvalue weighted by Gasteiger charge is -2.11. The summed E-state index contributed by atoms with van der Waals surface area (Å²) in [5, 5.41) is 6.25. The molecule has 1 atom stereocenters. The van der Waals surface area contributed by atoms with E-state index in [1.54, 1.807) is 0 Å². The van der Waals surface area contributed by atoms with Gasteiger partial charge in [-0.1, -0.05) is 36.4 Å². The average Bonchev–Trinajstić information content (AvgIpc) is 3.35. The molecule has 5 rings (SSSR count). The predicted molar refractivity (Wildman–Crippen MR) is 117 cm³/mol. The van der Waals surface area contributed by atoms with E-state index in [0.717, 1.165) is 41.0 Å². The van der Waals surface area contributed by atoms with E-state index in [-0.39, 0.29) is 5.92 Å². The van der Waals surface area contributed by atoms with Crippen molar-refractivity contribution in [3.63, 3.8) is 0 Å². The first-order valence-electron chi connectivity index (χ1n) is 9.69. The summed E-state index contributed by atoms with van der Waals surface area (Å²) in [7, 11) is 1.97. The van der Waals surface area contributed by atoms with E-state index in [1.165, 1.54) is 11.1 Å². The van der Waals surface area contributed by atoms with Crippen molar-refractivity contribution in [3.8, 4) is 11.4 Å². The van der Waals surface area contributed by atoms with E-state index >= 15 is 0 Å². The van der Waals surface area contributed by atoms with Crippen molar-refractivity contribution < 1.29 is 0 Å². The maximum atomic E-state index is 6.19. The Hall–Kier alpha value is -3.67. The molecule has 0 amide bonds. The third-order valence-electron chi connectivity index (χ3n) is 5.32. The summed E-state index contributed by atoms with van der Waals surface area (Å²) >= 11 is 0. The maximum Gasteiger partial charge on any atom is 0.142 e. The van der Waals surface area contributed by atoms with Gasteiger partial charge >= 0.3 is 0 Å². The number of hydrogen-bond donors (Lipinski definition) is 2. The third kappa shape index (κ3) is 3.45. The molecule has 3 N–H and O–H groups in total. The normalized spacial score (nSPS) is 16.0. The molecule has 1 aliphatic heterocycles. The molecule has 1 aliphatic rings. The molecule has 6 nitrogen and oxygen atoms in total. The molecule has 6 heteroatoms. The van der Waals surface area contributed by atoms with Crippen LogP contribution in [-0.2, 0) is 6.42 Å². The molecular formula is C23H22N6. The summed E-state index contributed by atoms with van der Waals surface area (Å²) in [4.78, 5) is 12.6. The highest BCUT2D eigenvalue weighted by Crippen LogP contribution is 2.29. The SMILES string of the molecule is CN1CC(c2cnc(N)c(-c3nc4ccc(Cc5ccccc5)cc4[nH]3)c2)C=N1. The largest absolute Gasteiger partial charge is 0.383 e. The minimum absolute atomic E-state index is 0.216. The lowest BCUT2D eigenvalue weighted by molar-refractivity contribution is 0.381. The van der Waals surface area contributed by atoms with Crippen LogP contribution in [0.3, 0.4) is 0 Å². The molecule has 0 aliphatic carbocycles. The molecule has 0 bridgehead atoms. The van der Waals surface area contributed by atoms with Crippen molar-refractivity contribution in [3.05, 3.63) is 77.5 Å². The van der Waals surface area contributed by atoms with Crippen LogP contribution in [-0.4, -0.2) is 39.8 Å². The zero-order valence-corrected chi connectivity index (χ0v) is 16.2. The number of likely N-dealkylation sites (N-methyl/N-ethyl adjacent to an activating group) is 1. The molecule has 0 saturated heterocycles. The highest BCUT2D eigenvalue weighted by Gasteiger charge is 2.19. The highest BCUT2D eigenvalue weighted by atomic mass is 15.4. The zero-order valence-electron chi connectivity index (χ0n) is 16.2. The maximum absolute atomic E-state index is 6.19. The van der Waals surface area contributed by atoms with Gasteiger partial charge in [0.15, 0.2) is 0 Å². The Morgan fingerprint density at radius 1 is 1.10 bits per heavy atom. The number of aromatic nitrogens is 3. The van der Waals surface area contributed by atoms with Gasteiger partial charge in [0.2, 0.25) is 0 Å². The van der Waals surface area contributed by atoms with Gasteiger partial charge in [0.25, 0.3) is 0 Å². The Balaban J connectivity index is 1.48. The number of imidazole rings is 1. The fourth-order valence-electron chi connectivity index (χ4n) is 3.77. The van der Waals surface area contributed by atoms with Gasteiger partial charge in [-0.2, -0.15) is 5.10 Å². The molecule has 29 heavy (non-hydrogen) atoms. The van der Waals surface area contributed by atoms with Crippen LogP contribution in [0, 0.1) is 0 Å². The Labute approximate surface area is 169 Å². The van der Waals surface area contributed by atoms with Crippen LogP contribution < -0.4 is 5.73 Å². The van der Waals surface area contributed by atoms with E-state index in [1.807, 2.05) is 30.5 Å². The van der Waals surface area contributed by atoms with E-state index in [0.29, 0.717) is 5.82 Å². The summed E-state index contributed by atoms with van der Waals surface area (Å²) in [6.45, 7) is 0.841. The number of aromatic amines is 1. The quantitative estimate of drug-likeness (QED) is 0.562. The Bertz CT molecular complexity index is 1190. The second-order valence-corrected chi connectivity index (χ2v) is 7.51. The molecule has 0 fully saturated rings. The summed E-state index contributed by atoms with van der Waals surface area (Å²) < 4.78 is 0. The number of hydrazone groups is 1. The van der Waals surface area contributed by atoms with Crippen LogP contribution in [0.4, 0.5) is 5.82 Å². The van der Waals surface area contributed by atoms with E-state index < -0.39 is 0 Å². The molecule has 144 valence electrons. The van der Waals surface area contributed by atoms with Gasteiger partial charge in [0.05, 0.1) is 16.6 Å². The Morgan fingerprint density at radius 3 is 2.76 bits per heavy atom. The first-order valence-corrected chi connectivity index (χ1v) is 9.69. The lowest BCUT2D eigenvalue weighted by Crippen LogP contribution is -2.12. The summed E-state index contributed by atoms with van der Waals surface area (Å²) in [6, 6.07) is 18.9. The Morgan fingerprint density at radius 2 is 1.97 bits per heavy atom. The van der Waals surface area contributed by atoms with Crippen molar-refractivity contribution in [1.82, 2.24) is 20.0 Å². The minimum Gasteiger partial charge on any atom is -0.383 e. The number of nitrogens with zero attached hydrogens (tertiary/aromatic N) is 4. The number of hydrogen-bond acceptors (Lipinski definition) is 5. The van der Waals surface area contributed by atoms with Crippen molar-refractivity contribution in [2.45, 2.75) is 12.3 Å². The molecule has 0 radical (unpaired) electrons. The molecule has 4 aromatic rings. The van der Waals surface area contributed by atoms with E-state index in [2.05, 4.69) is 63.6 Å². The molecule has 0 spiro atoms. The third-order valence-corrected chi connectivity index (χ3v) is 5.32. The van der Waals surface area contributed by atoms with Crippen molar-refractivity contribution >= 4 is 23.1 Å². The summed E-state index contributed by atoms with van der Waals surface area (Å²) in [5.41, 5.74) is 12.5. The standard InChI is InChI=1S/C23H22N6/c1-29-14-18(13-26-29)17-11-19(22(24)25-12-17)23-27-20-8-7-16(10-21(20)28-23)9-15-5-3-2-4-6-15/h2-8,10-13,18H,9,14H2,1H3,(H2,24,25)(H,27,28). The van der Waals surface area contributed by atoms with Gasteiger partial charge < -0.3 is 10.7 Å². The zero-order chi connectivity index (χ0) is 19.8. The molecule has 2 aromatic carbocycles. The number of fused-ring (bicyclic) bond motifs is 1. The van der Waals surface area contributed by atoms with Crippen LogP contribution in [0.1, 0.15) is 22.6 Å². The van der Waals surface area contributed by atoms with Gasteiger partial charge in [-0.15, -0.1) is 0 Å². The van der Waals surface area contributed by atoms with Crippen LogP contribution in [0.15, 0.2) is 65.9 Å². The van der Waals surface area contributed by atoms with Crippen molar-refractivity contribution in [2.24, 2.45) is 5.10 Å². The minimum atomic E-state index is 0.216. The van der Waals surface area contributed by atoms with Gasteiger partial charge in [0, 0.05) is 31.9 Å². The van der Waals surface area contributed by atoms with Gasteiger partial charge in [-0.3, -0.25) is 5.01 Å². The number of nitrogens with one attached hydrogen (secondary N) is 1. The van der Waals surface area contributed by atoms with Crippen LogP contribution in [0.5, 0.6) is 0 Å². The fraction of sp³-hybridized carbons (Fsp3) is 0.174. The molecule has 2 aromatic heterocycles. The highest BCUT2D eigenvalue weighted by molar-refractivity contribution is 5.83. The Kier molecular flexibility index (Phi) is 4.24. The van der Waals surface area contributed by atoms with Gasteiger partial charge in [0.1, 0.15) is 11.6 Å². The molecule has 1 unspecified atom stereocenters. The number of nitrogen functional groups attached to an aromatic ring is 1. The number of H-pyrrole nitrogens is 1. The number of anilines is 1.